The highest BCUT2D eigenvalue weighted by Gasteiger charge is 2.16. The summed E-state index contributed by atoms with van der Waals surface area (Å²) >= 11 is 6.26. The zero-order chi connectivity index (χ0) is 14.3. The van der Waals surface area contributed by atoms with Gasteiger partial charge in [0.1, 0.15) is 5.82 Å². The maximum Gasteiger partial charge on any atom is 0.156 e. The van der Waals surface area contributed by atoms with Crippen LogP contribution in [0.5, 0.6) is 0 Å². The summed E-state index contributed by atoms with van der Waals surface area (Å²) in [7, 11) is 0. The fraction of sp³-hybridized carbons (Fsp3) is 0.333. The van der Waals surface area contributed by atoms with Crippen molar-refractivity contribution in [1.82, 2.24) is 14.7 Å². The number of rotatable bonds is 3. The summed E-state index contributed by atoms with van der Waals surface area (Å²) in [6.07, 6.45) is 0. The predicted molar refractivity (Wildman–Crippen MR) is 79.1 cm³/mol. The lowest BCUT2D eigenvalue weighted by atomic mass is 10.2. The van der Waals surface area contributed by atoms with Gasteiger partial charge < -0.3 is 9.09 Å². The van der Waals surface area contributed by atoms with E-state index in [9.17, 15) is 0 Å². The van der Waals surface area contributed by atoms with Gasteiger partial charge in [-0.1, -0.05) is 11.2 Å². The van der Waals surface area contributed by atoms with Crippen LogP contribution in [0.25, 0.3) is 11.0 Å². The van der Waals surface area contributed by atoms with Crippen LogP contribution in [-0.4, -0.2) is 14.7 Å². The molecular weight excluding hydrogens is 274 g/mol. The van der Waals surface area contributed by atoms with Crippen molar-refractivity contribution in [2.75, 3.05) is 0 Å². The van der Waals surface area contributed by atoms with Crippen LogP contribution in [0.4, 0.5) is 0 Å². The van der Waals surface area contributed by atoms with Gasteiger partial charge in [-0.25, -0.2) is 4.98 Å². The summed E-state index contributed by atoms with van der Waals surface area (Å²) in [5.74, 6) is 1.66. The van der Waals surface area contributed by atoms with Gasteiger partial charge >= 0.3 is 0 Å². The molecule has 3 rings (SSSR count). The molecule has 3 aromatic rings. The molecule has 5 heteroatoms. The quantitative estimate of drug-likeness (QED) is 0.685. The van der Waals surface area contributed by atoms with Gasteiger partial charge in [0.15, 0.2) is 5.76 Å². The van der Waals surface area contributed by atoms with Gasteiger partial charge in [0.2, 0.25) is 0 Å². The van der Waals surface area contributed by atoms with Crippen LogP contribution in [0.3, 0.4) is 0 Å². The van der Waals surface area contributed by atoms with Crippen LogP contribution in [0.2, 0.25) is 0 Å². The fourth-order valence-electron chi connectivity index (χ4n) is 2.37. The third-order valence-electron chi connectivity index (χ3n) is 3.28. The van der Waals surface area contributed by atoms with Gasteiger partial charge in [-0.2, -0.15) is 0 Å². The molecule has 104 valence electrons. The molecule has 0 amide bonds. The van der Waals surface area contributed by atoms with E-state index in [1.54, 1.807) is 0 Å². The van der Waals surface area contributed by atoms with E-state index in [0.29, 0.717) is 6.54 Å². The molecule has 2 heterocycles. The van der Waals surface area contributed by atoms with Crippen molar-refractivity contribution in [3.8, 4) is 0 Å². The van der Waals surface area contributed by atoms with Gasteiger partial charge in [-0.15, -0.1) is 11.6 Å². The van der Waals surface area contributed by atoms with Crippen molar-refractivity contribution in [1.29, 1.82) is 0 Å². The maximum atomic E-state index is 6.26. The summed E-state index contributed by atoms with van der Waals surface area (Å²) in [6, 6.07) is 8.13. The molecule has 0 spiro atoms. The Kier molecular flexibility index (Phi) is 3.26. The molecule has 0 N–H and O–H groups in total. The van der Waals surface area contributed by atoms with Crippen molar-refractivity contribution in [3.63, 3.8) is 0 Å². The first-order valence-electron chi connectivity index (χ1n) is 6.57. The van der Waals surface area contributed by atoms with E-state index in [2.05, 4.69) is 33.8 Å². The Labute approximate surface area is 122 Å². The number of aromatic nitrogens is 3. The van der Waals surface area contributed by atoms with Gasteiger partial charge in [-0.05, 0) is 38.5 Å². The molecule has 1 aromatic carbocycles. The molecule has 0 aliphatic rings. The molecule has 2 aromatic heterocycles. The minimum Gasteiger partial charge on any atom is -0.359 e. The first kappa shape index (κ1) is 13.2. The minimum absolute atomic E-state index is 0.160. The molecule has 4 nitrogen and oxygen atoms in total. The zero-order valence-electron chi connectivity index (χ0n) is 11.7. The largest absolute Gasteiger partial charge is 0.359 e. The molecule has 0 aliphatic carbocycles. The molecule has 0 aliphatic heterocycles. The lowest BCUT2D eigenvalue weighted by Gasteiger charge is -2.08. The third-order valence-corrected chi connectivity index (χ3v) is 3.47. The molecule has 0 saturated heterocycles. The van der Waals surface area contributed by atoms with E-state index in [-0.39, 0.29) is 5.38 Å². The molecule has 1 unspecified atom stereocenters. The van der Waals surface area contributed by atoms with Crippen LogP contribution in [0, 0.1) is 13.8 Å². The molecule has 1 atom stereocenters. The SMILES string of the molecule is Cc1ccc2nc(C(C)Cl)n(Cc3cc(C)no3)c2c1. The highest BCUT2D eigenvalue weighted by atomic mass is 35.5. The van der Waals surface area contributed by atoms with Crippen molar-refractivity contribution in [3.05, 3.63) is 47.1 Å². The maximum absolute atomic E-state index is 6.26. The second kappa shape index (κ2) is 4.94. The topological polar surface area (TPSA) is 43.9 Å². The van der Waals surface area contributed by atoms with Crippen LogP contribution < -0.4 is 0 Å². The Morgan fingerprint density at radius 2 is 2.10 bits per heavy atom. The summed E-state index contributed by atoms with van der Waals surface area (Å²) < 4.78 is 7.41. The summed E-state index contributed by atoms with van der Waals surface area (Å²) in [6.45, 7) is 6.50. The first-order chi connectivity index (χ1) is 9.54. The molecule has 20 heavy (non-hydrogen) atoms. The minimum atomic E-state index is -0.160. The monoisotopic (exact) mass is 289 g/mol. The van der Waals surface area contributed by atoms with Gasteiger partial charge in [0, 0.05) is 6.07 Å². The number of halogens is 1. The molecule has 0 radical (unpaired) electrons. The van der Waals surface area contributed by atoms with E-state index in [1.165, 1.54) is 5.56 Å². The highest BCUT2D eigenvalue weighted by Crippen LogP contribution is 2.26. The number of aryl methyl sites for hydroxylation is 2. The number of hydrogen-bond donors (Lipinski definition) is 0. The van der Waals surface area contributed by atoms with Gasteiger partial charge in [-0.3, -0.25) is 0 Å². The van der Waals surface area contributed by atoms with Gasteiger partial charge in [0.25, 0.3) is 0 Å². The Morgan fingerprint density at radius 1 is 1.30 bits per heavy atom. The Balaban J connectivity index is 2.15. The lowest BCUT2D eigenvalue weighted by Crippen LogP contribution is -2.05. The average Bonchev–Trinajstić information content (AvgIpc) is 2.95. The summed E-state index contributed by atoms with van der Waals surface area (Å²) in [4.78, 5) is 4.63. The van der Waals surface area contributed by atoms with Crippen LogP contribution in [0.1, 0.15) is 35.1 Å². The number of alkyl halides is 1. The van der Waals surface area contributed by atoms with Crippen molar-refractivity contribution in [2.24, 2.45) is 0 Å². The van der Waals surface area contributed by atoms with E-state index in [0.717, 1.165) is 28.3 Å². The molecule has 0 bridgehead atoms. The Morgan fingerprint density at radius 3 is 2.75 bits per heavy atom. The molecule has 0 fully saturated rings. The smallest absolute Gasteiger partial charge is 0.156 e. The second-order valence-electron chi connectivity index (χ2n) is 5.10. The second-order valence-corrected chi connectivity index (χ2v) is 5.75. The zero-order valence-corrected chi connectivity index (χ0v) is 12.5. The lowest BCUT2D eigenvalue weighted by molar-refractivity contribution is 0.372. The summed E-state index contributed by atoms with van der Waals surface area (Å²) in [5.41, 5.74) is 4.10. The van der Waals surface area contributed by atoms with E-state index >= 15 is 0 Å². The van der Waals surface area contributed by atoms with E-state index < -0.39 is 0 Å². The van der Waals surface area contributed by atoms with E-state index in [4.69, 9.17) is 16.1 Å². The first-order valence-corrected chi connectivity index (χ1v) is 7.01. The summed E-state index contributed by atoms with van der Waals surface area (Å²) in [5, 5.41) is 3.77. The third kappa shape index (κ3) is 2.31. The number of hydrogen-bond acceptors (Lipinski definition) is 3. The Bertz CT molecular complexity index is 758. The fourth-order valence-corrected chi connectivity index (χ4v) is 2.53. The van der Waals surface area contributed by atoms with Crippen molar-refractivity contribution >= 4 is 22.6 Å². The van der Waals surface area contributed by atoms with Crippen molar-refractivity contribution in [2.45, 2.75) is 32.7 Å². The molecule has 0 saturated carbocycles. The molecular formula is C15H16ClN3O. The van der Waals surface area contributed by atoms with Gasteiger partial charge in [0.05, 0.1) is 28.6 Å². The van der Waals surface area contributed by atoms with Crippen LogP contribution in [-0.2, 0) is 6.54 Å². The standard InChI is InChI=1S/C15H16ClN3O/c1-9-4-5-13-14(6-9)19(15(17-13)11(3)16)8-12-7-10(2)18-20-12/h4-7,11H,8H2,1-3H3. The number of benzene rings is 1. The van der Waals surface area contributed by atoms with Crippen LogP contribution >= 0.6 is 11.6 Å². The predicted octanol–water partition coefficient (Wildman–Crippen LogP) is 3.99. The van der Waals surface area contributed by atoms with E-state index in [1.807, 2.05) is 26.0 Å². The Hall–Kier alpha value is -1.81. The number of fused-ring (bicyclic) bond motifs is 1. The number of nitrogens with zero attached hydrogens (tertiary/aromatic N) is 3. The average molecular weight is 290 g/mol. The van der Waals surface area contributed by atoms with Crippen molar-refractivity contribution < 1.29 is 4.52 Å². The number of imidazole rings is 1. The normalized spacial score (nSPS) is 13.0. The highest BCUT2D eigenvalue weighted by molar-refractivity contribution is 6.20. The van der Waals surface area contributed by atoms with Crippen LogP contribution in [0.15, 0.2) is 28.8 Å².